The van der Waals surface area contributed by atoms with E-state index in [1.165, 1.54) is 19.1 Å². The monoisotopic (exact) mass is 282 g/mol. The fourth-order valence-corrected chi connectivity index (χ4v) is 3.25. The number of hydrogen-bond donors (Lipinski definition) is 0. The Morgan fingerprint density at radius 2 is 1.75 bits per heavy atom. The van der Waals surface area contributed by atoms with Gasteiger partial charge in [0.1, 0.15) is 0 Å². The molecule has 0 aliphatic rings. The molecule has 0 heterocycles. The van der Waals surface area contributed by atoms with E-state index in [-0.39, 0.29) is 15.5 Å². The SMILES string of the molecule is CCS(=O)(=O)c1cc(S(=O)(=O)Cl)ccc1C. The minimum Gasteiger partial charge on any atom is -0.224 e. The average Bonchev–Trinajstić information content (AvgIpc) is 2.16. The highest BCUT2D eigenvalue weighted by Crippen LogP contribution is 2.23. The predicted octanol–water partition coefficient (Wildman–Crippen LogP) is 1.72. The lowest BCUT2D eigenvalue weighted by atomic mass is 10.2. The van der Waals surface area contributed by atoms with Crippen molar-refractivity contribution in [2.75, 3.05) is 5.75 Å². The molecule has 1 aromatic carbocycles. The summed E-state index contributed by atoms with van der Waals surface area (Å²) < 4.78 is 45.5. The molecular formula is C9H11ClO4S2. The lowest BCUT2D eigenvalue weighted by Gasteiger charge is -2.06. The van der Waals surface area contributed by atoms with E-state index in [9.17, 15) is 16.8 Å². The topological polar surface area (TPSA) is 68.3 Å². The first-order valence-corrected chi connectivity index (χ1v) is 8.42. The molecule has 0 radical (unpaired) electrons. The van der Waals surface area contributed by atoms with Crippen LogP contribution in [0.15, 0.2) is 28.0 Å². The van der Waals surface area contributed by atoms with Gasteiger partial charge in [0.05, 0.1) is 15.5 Å². The second-order valence-electron chi connectivity index (χ2n) is 3.27. The van der Waals surface area contributed by atoms with Crippen LogP contribution in [0.25, 0.3) is 0 Å². The smallest absolute Gasteiger partial charge is 0.224 e. The fourth-order valence-electron chi connectivity index (χ4n) is 1.22. The molecule has 1 rings (SSSR count). The third-order valence-electron chi connectivity index (χ3n) is 2.16. The molecule has 1 aromatic rings. The van der Waals surface area contributed by atoms with Gasteiger partial charge >= 0.3 is 0 Å². The Bertz CT molecular complexity index is 602. The number of benzene rings is 1. The van der Waals surface area contributed by atoms with Crippen LogP contribution in [0.4, 0.5) is 0 Å². The van der Waals surface area contributed by atoms with Crippen LogP contribution in [0.2, 0.25) is 0 Å². The summed E-state index contributed by atoms with van der Waals surface area (Å²) in [5.74, 6) is -0.0837. The number of sulfone groups is 1. The van der Waals surface area contributed by atoms with E-state index in [1.54, 1.807) is 6.92 Å². The first kappa shape index (κ1) is 13.5. The van der Waals surface area contributed by atoms with Gasteiger partial charge in [0.25, 0.3) is 9.05 Å². The third-order valence-corrected chi connectivity index (χ3v) is 5.38. The Balaban J connectivity index is 3.54. The van der Waals surface area contributed by atoms with Crippen molar-refractivity contribution in [1.82, 2.24) is 0 Å². The highest BCUT2D eigenvalue weighted by atomic mass is 35.7. The molecule has 0 atom stereocenters. The van der Waals surface area contributed by atoms with Crippen molar-refractivity contribution in [3.63, 3.8) is 0 Å². The quantitative estimate of drug-likeness (QED) is 0.792. The van der Waals surface area contributed by atoms with Crippen molar-refractivity contribution in [3.05, 3.63) is 23.8 Å². The Morgan fingerprint density at radius 1 is 1.19 bits per heavy atom. The van der Waals surface area contributed by atoms with Gasteiger partial charge in [-0.15, -0.1) is 0 Å². The Labute approximate surface area is 99.6 Å². The molecule has 0 spiro atoms. The number of hydrogen-bond acceptors (Lipinski definition) is 4. The van der Waals surface area contributed by atoms with Gasteiger partial charge in [-0.2, -0.15) is 0 Å². The lowest BCUT2D eigenvalue weighted by Crippen LogP contribution is -2.07. The summed E-state index contributed by atoms with van der Waals surface area (Å²) in [6.07, 6.45) is 0. The third kappa shape index (κ3) is 2.75. The zero-order chi connectivity index (χ0) is 12.6. The van der Waals surface area contributed by atoms with Gasteiger partial charge in [0.15, 0.2) is 9.84 Å². The van der Waals surface area contributed by atoms with E-state index >= 15 is 0 Å². The average molecular weight is 283 g/mol. The molecule has 16 heavy (non-hydrogen) atoms. The summed E-state index contributed by atoms with van der Waals surface area (Å²) in [5, 5.41) is 0. The minimum absolute atomic E-state index is 0.0109. The number of halogens is 1. The molecule has 0 fully saturated rings. The van der Waals surface area contributed by atoms with Crippen molar-refractivity contribution in [1.29, 1.82) is 0 Å². The van der Waals surface area contributed by atoms with Gasteiger partial charge in [-0.1, -0.05) is 13.0 Å². The normalized spacial score (nSPS) is 12.7. The van der Waals surface area contributed by atoms with Gasteiger partial charge in [0.2, 0.25) is 0 Å². The van der Waals surface area contributed by atoms with E-state index in [4.69, 9.17) is 10.7 Å². The maximum absolute atomic E-state index is 11.7. The first-order valence-electron chi connectivity index (χ1n) is 4.46. The maximum Gasteiger partial charge on any atom is 0.261 e. The van der Waals surface area contributed by atoms with Crippen LogP contribution in [-0.2, 0) is 18.9 Å². The maximum atomic E-state index is 11.7. The van der Waals surface area contributed by atoms with Gasteiger partial charge in [-0.3, -0.25) is 0 Å². The highest BCUT2D eigenvalue weighted by molar-refractivity contribution is 8.13. The van der Waals surface area contributed by atoms with Crippen LogP contribution in [0.5, 0.6) is 0 Å². The molecule has 0 N–H and O–H groups in total. The highest BCUT2D eigenvalue weighted by Gasteiger charge is 2.18. The summed E-state index contributed by atoms with van der Waals surface area (Å²) in [4.78, 5) is -0.191. The van der Waals surface area contributed by atoms with E-state index in [2.05, 4.69) is 0 Å². The second kappa shape index (κ2) is 4.35. The molecular weight excluding hydrogens is 272 g/mol. The van der Waals surface area contributed by atoms with E-state index < -0.39 is 18.9 Å². The molecule has 0 saturated heterocycles. The number of aryl methyl sites for hydroxylation is 1. The minimum atomic E-state index is -3.90. The Morgan fingerprint density at radius 3 is 2.19 bits per heavy atom. The molecule has 7 heteroatoms. The molecule has 0 bridgehead atoms. The van der Waals surface area contributed by atoms with Crippen molar-refractivity contribution in [2.24, 2.45) is 0 Å². The van der Waals surface area contributed by atoms with Crippen LogP contribution in [0.3, 0.4) is 0 Å². The zero-order valence-electron chi connectivity index (χ0n) is 8.77. The summed E-state index contributed by atoms with van der Waals surface area (Å²) in [7, 11) is -2.18. The molecule has 0 aromatic heterocycles. The zero-order valence-corrected chi connectivity index (χ0v) is 11.2. The number of rotatable bonds is 3. The Kier molecular flexibility index (Phi) is 3.66. The summed E-state index contributed by atoms with van der Waals surface area (Å²) in [6, 6.07) is 3.81. The van der Waals surface area contributed by atoms with Crippen LogP contribution in [-0.4, -0.2) is 22.6 Å². The first-order chi connectivity index (χ1) is 7.18. The van der Waals surface area contributed by atoms with Crippen molar-refractivity contribution in [2.45, 2.75) is 23.6 Å². The van der Waals surface area contributed by atoms with Gasteiger partial charge in [-0.05, 0) is 24.6 Å². The summed E-state index contributed by atoms with van der Waals surface area (Å²) >= 11 is 0. The van der Waals surface area contributed by atoms with Crippen molar-refractivity contribution < 1.29 is 16.8 Å². The van der Waals surface area contributed by atoms with Gasteiger partial charge < -0.3 is 0 Å². The summed E-state index contributed by atoms with van der Waals surface area (Å²) in [6.45, 7) is 3.10. The van der Waals surface area contributed by atoms with Crippen LogP contribution in [0.1, 0.15) is 12.5 Å². The van der Waals surface area contributed by atoms with E-state index in [0.717, 1.165) is 6.07 Å². The van der Waals surface area contributed by atoms with Gasteiger partial charge in [0, 0.05) is 10.7 Å². The second-order valence-corrected chi connectivity index (χ2v) is 8.08. The molecule has 0 unspecified atom stereocenters. The largest absolute Gasteiger partial charge is 0.261 e. The Hall–Kier alpha value is -0.590. The standard InChI is InChI=1S/C9H11ClO4S2/c1-3-15(11,12)9-6-8(16(10,13)14)5-4-7(9)2/h4-6H,3H2,1-2H3. The van der Waals surface area contributed by atoms with E-state index in [0.29, 0.717) is 5.56 Å². The van der Waals surface area contributed by atoms with Crippen LogP contribution < -0.4 is 0 Å². The van der Waals surface area contributed by atoms with E-state index in [1.807, 2.05) is 0 Å². The molecule has 0 amide bonds. The molecule has 0 aliphatic carbocycles. The lowest BCUT2D eigenvalue weighted by molar-refractivity contribution is 0.596. The molecule has 90 valence electrons. The predicted molar refractivity (Wildman–Crippen MR) is 61.9 cm³/mol. The molecule has 0 aliphatic heterocycles. The molecule has 0 saturated carbocycles. The van der Waals surface area contributed by atoms with Crippen molar-refractivity contribution >= 4 is 29.6 Å². The van der Waals surface area contributed by atoms with Crippen LogP contribution >= 0.6 is 10.7 Å². The summed E-state index contributed by atoms with van der Waals surface area (Å²) in [5.41, 5.74) is 0.505. The fraction of sp³-hybridized carbons (Fsp3) is 0.333. The molecule has 4 nitrogen and oxygen atoms in total. The van der Waals surface area contributed by atoms with Gasteiger partial charge in [-0.25, -0.2) is 16.8 Å². The van der Waals surface area contributed by atoms with Crippen LogP contribution in [0, 0.1) is 6.92 Å². The van der Waals surface area contributed by atoms with Crippen molar-refractivity contribution in [3.8, 4) is 0 Å².